The molecule has 1 saturated heterocycles. The first-order valence-corrected chi connectivity index (χ1v) is 11.2. The molecule has 0 radical (unpaired) electrons. The summed E-state index contributed by atoms with van der Waals surface area (Å²) < 4.78 is 0. The number of nitrogens with one attached hydrogen (secondary N) is 1. The van der Waals surface area contributed by atoms with Crippen LogP contribution >= 0.6 is 0 Å². The molecule has 0 atom stereocenters. The van der Waals surface area contributed by atoms with Crippen LogP contribution in [-0.4, -0.2) is 35.4 Å². The Bertz CT molecular complexity index is 980. The topological polar surface area (TPSA) is 45.2 Å². The molecule has 0 unspecified atom stereocenters. The molecule has 0 spiro atoms. The van der Waals surface area contributed by atoms with E-state index in [1.807, 2.05) is 31.5 Å². The monoisotopic (exact) mass is 413 g/mol. The highest BCUT2D eigenvalue weighted by Gasteiger charge is 2.41. The average Bonchev–Trinajstić information content (AvgIpc) is 2.82. The molecule has 1 fully saturated rings. The zero-order valence-corrected chi connectivity index (χ0v) is 18.3. The summed E-state index contributed by atoms with van der Waals surface area (Å²) in [4.78, 5) is 20.0. The Hall–Kier alpha value is -2.98. The van der Waals surface area contributed by atoms with Gasteiger partial charge >= 0.3 is 0 Å². The predicted molar refractivity (Wildman–Crippen MR) is 125 cm³/mol. The van der Waals surface area contributed by atoms with Gasteiger partial charge in [-0.1, -0.05) is 60.7 Å². The minimum atomic E-state index is -0.369. The fraction of sp³-hybridized carbons (Fsp3) is 0.333. The number of hydrogen-bond donors (Lipinski definition) is 1. The van der Waals surface area contributed by atoms with Gasteiger partial charge in [0.2, 0.25) is 5.91 Å². The smallest absolute Gasteiger partial charge is 0.226 e. The molecular weight excluding hydrogens is 382 g/mol. The second kappa shape index (κ2) is 9.88. The molecule has 4 rings (SSSR count). The Labute approximate surface area is 185 Å². The SMILES string of the molecule is CCNC(=O)C1(Cc2ccccc2-c2ccccc2)CCN(Cc2cccnc2)CC1. The number of aromatic nitrogens is 1. The van der Waals surface area contributed by atoms with Crippen molar-refractivity contribution in [3.8, 4) is 11.1 Å². The first-order valence-electron chi connectivity index (χ1n) is 11.2. The Morgan fingerprint density at radius 1 is 1.00 bits per heavy atom. The zero-order valence-electron chi connectivity index (χ0n) is 18.3. The number of amides is 1. The molecule has 1 N–H and O–H groups in total. The van der Waals surface area contributed by atoms with Gasteiger partial charge in [-0.05, 0) is 67.6 Å². The molecule has 31 heavy (non-hydrogen) atoms. The van der Waals surface area contributed by atoms with Gasteiger partial charge in [0.05, 0.1) is 5.41 Å². The maximum atomic E-state index is 13.3. The number of benzene rings is 2. The van der Waals surface area contributed by atoms with Crippen LogP contribution in [0.4, 0.5) is 0 Å². The van der Waals surface area contributed by atoms with E-state index in [-0.39, 0.29) is 11.3 Å². The van der Waals surface area contributed by atoms with Crippen molar-refractivity contribution in [2.45, 2.75) is 32.7 Å². The van der Waals surface area contributed by atoms with E-state index < -0.39 is 0 Å². The third-order valence-corrected chi connectivity index (χ3v) is 6.39. The minimum absolute atomic E-state index is 0.193. The molecule has 4 nitrogen and oxygen atoms in total. The van der Waals surface area contributed by atoms with Gasteiger partial charge in [0.25, 0.3) is 0 Å². The van der Waals surface area contributed by atoms with Crippen LogP contribution < -0.4 is 5.32 Å². The predicted octanol–water partition coefficient (Wildman–Crippen LogP) is 4.71. The molecule has 0 bridgehead atoms. The molecule has 0 aliphatic carbocycles. The largest absolute Gasteiger partial charge is 0.356 e. The van der Waals surface area contributed by atoms with E-state index in [9.17, 15) is 4.79 Å². The summed E-state index contributed by atoms with van der Waals surface area (Å²) in [5.41, 5.74) is 4.54. The molecule has 2 heterocycles. The molecular formula is C27H31N3O. The number of rotatable bonds is 7. The maximum Gasteiger partial charge on any atom is 0.226 e. The maximum absolute atomic E-state index is 13.3. The highest BCUT2D eigenvalue weighted by molar-refractivity contribution is 5.83. The number of likely N-dealkylation sites (tertiary alicyclic amines) is 1. The van der Waals surface area contributed by atoms with Crippen molar-refractivity contribution in [3.63, 3.8) is 0 Å². The average molecular weight is 414 g/mol. The lowest BCUT2D eigenvalue weighted by Gasteiger charge is -2.41. The normalized spacial score (nSPS) is 16.0. The summed E-state index contributed by atoms with van der Waals surface area (Å²) in [7, 11) is 0. The molecule has 1 aromatic heterocycles. The molecule has 0 saturated carbocycles. The van der Waals surface area contributed by atoms with E-state index in [4.69, 9.17) is 0 Å². The van der Waals surface area contributed by atoms with Gasteiger partial charge in [0.1, 0.15) is 0 Å². The lowest BCUT2D eigenvalue weighted by Crippen LogP contribution is -2.49. The molecule has 1 aliphatic rings. The summed E-state index contributed by atoms with van der Waals surface area (Å²) in [6.07, 6.45) is 6.24. The van der Waals surface area contributed by atoms with Crippen LogP contribution in [0.5, 0.6) is 0 Å². The number of carbonyl (C=O) groups is 1. The summed E-state index contributed by atoms with van der Waals surface area (Å²) in [5, 5.41) is 3.13. The van der Waals surface area contributed by atoms with Crippen LogP contribution in [0.25, 0.3) is 11.1 Å². The second-order valence-corrected chi connectivity index (χ2v) is 8.48. The highest BCUT2D eigenvalue weighted by atomic mass is 16.2. The summed E-state index contributed by atoms with van der Waals surface area (Å²) in [6.45, 7) is 5.39. The zero-order chi connectivity index (χ0) is 21.5. The van der Waals surface area contributed by atoms with Gasteiger partial charge in [-0.3, -0.25) is 14.7 Å². The van der Waals surface area contributed by atoms with Gasteiger partial charge < -0.3 is 5.32 Å². The molecule has 3 aromatic rings. The minimum Gasteiger partial charge on any atom is -0.356 e. The van der Waals surface area contributed by atoms with Gasteiger partial charge in [-0.15, -0.1) is 0 Å². The van der Waals surface area contributed by atoms with Crippen molar-refractivity contribution in [2.24, 2.45) is 5.41 Å². The Morgan fingerprint density at radius 3 is 2.45 bits per heavy atom. The lowest BCUT2D eigenvalue weighted by atomic mass is 9.72. The van der Waals surface area contributed by atoms with Gasteiger partial charge in [0.15, 0.2) is 0 Å². The van der Waals surface area contributed by atoms with Crippen LogP contribution in [0.2, 0.25) is 0 Å². The van der Waals surface area contributed by atoms with Crippen LogP contribution in [0.3, 0.4) is 0 Å². The van der Waals surface area contributed by atoms with Gasteiger partial charge in [0, 0.05) is 25.5 Å². The van der Waals surface area contributed by atoms with Crippen molar-refractivity contribution in [1.82, 2.24) is 15.2 Å². The van der Waals surface area contributed by atoms with Crippen LogP contribution in [0.15, 0.2) is 79.1 Å². The third kappa shape index (κ3) is 5.02. The number of carbonyl (C=O) groups excluding carboxylic acids is 1. The standard InChI is InChI=1S/C27H31N3O/c1-2-29-26(31)27(14-17-30(18-15-27)21-22-9-8-16-28-20-22)19-24-12-6-7-13-25(24)23-10-4-3-5-11-23/h3-13,16,20H,2,14-15,17-19,21H2,1H3,(H,29,31). The molecule has 160 valence electrons. The third-order valence-electron chi connectivity index (χ3n) is 6.39. The van der Waals surface area contributed by atoms with E-state index in [2.05, 4.69) is 69.8 Å². The quantitative estimate of drug-likeness (QED) is 0.610. The molecule has 1 amide bonds. The van der Waals surface area contributed by atoms with Crippen LogP contribution in [-0.2, 0) is 17.8 Å². The summed E-state index contributed by atoms with van der Waals surface area (Å²) in [6, 6.07) is 23.1. The number of pyridine rings is 1. The van der Waals surface area contributed by atoms with Crippen molar-refractivity contribution in [3.05, 3.63) is 90.3 Å². The van der Waals surface area contributed by atoms with Crippen LogP contribution in [0.1, 0.15) is 30.9 Å². The van der Waals surface area contributed by atoms with Crippen LogP contribution in [0, 0.1) is 5.41 Å². The second-order valence-electron chi connectivity index (χ2n) is 8.48. The highest BCUT2D eigenvalue weighted by Crippen LogP contribution is 2.38. The first-order chi connectivity index (χ1) is 15.2. The summed E-state index contributed by atoms with van der Waals surface area (Å²) in [5.74, 6) is 0.193. The van der Waals surface area contributed by atoms with Gasteiger partial charge in [-0.2, -0.15) is 0 Å². The van der Waals surface area contributed by atoms with E-state index in [1.54, 1.807) is 0 Å². The lowest BCUT2D eigenvalue weighted by molar-refractivity contribution is -0.134. The Morgan fingerprint density at radius 2 is 1.74 bits per heavy atom. The van der Waals surface area contributed by atoms with Gasteiger partial charge in [-0.25, -0.2) is 0 Å². The van der Waals surface area contributed by atoms with Crippen molar-refractivity contribution < 1.29 is 4.79 Å². The fourth-order valence-corrected chi connectivity index (χ4v) is 4.66. The first kappa shape index (κ1) is 21.3. The van der Waals surface area contributed by atoms with E-state index in [0.717, 1.165) is 38.9 Å². The van der Waals surface area contributed by atoms with E-state index in [0.29, 0.717) is 6.54 Å². The Kier molecular flexibility index (Phi) is 6.78. The number of nitrogens with zero attached hydrogens (tertiary/aromatic N) is 2. The number of hydrogen-bond acceptors (Lipinski definition) is 3. The van der Waals surface area contributed by atoms with Crippen molar-refractivity contribution in [1.29, 1.82) is 0 Å². The molecule has 1 aliphatic heterocycles. The molecule has 4 heteroatoms. The molecule has 2 aromatic carbocycles. The fourth-order valence-electron chi connectivity index (χ4n) is 4.66. The van der Waals surface area contributed by atoms with Crippen molar-refractivity contribution in [2.75, 3.05) is 19.6 Å². The summed E-state index contributed by atoms with van der Waals surface area (Å²) >= 11 is 0. The number of piperidine rings is 1. The van der Waals surface area contributed by atoms with E-state index in [1.165, 1.54) is 22.3 Å². The van der Waals surface area contributed by atoms with E-state index >= 15 is 0 Å². The Balaban J connectivity index is 1.56. The van der Waals surface area contributed by atoms with Crippen molar-refractivity contribution >= 4 is 5.91 Å².